The van der Waals surface area contributed by atoms with Crippen molar-refractivity contribution >= 4 is 23.3 Å². The number of rotatable bonds is 5. The minimum absolute atomic E-state index is 0.170. The van der Waals surface area contributed by atoms with Gasteiger partial charge in [0.1, 0.15) is 34.1 Å². The summed E-state index contributed by atoms with van der Waals surface area (Å²) in [6.07, 6.45) is 3.81. The standard InChI is InChI=1S/C18H18N6OS/c1-25-15-5-4-12(10-22-15)11-26-18-14(9-20)16(24-6-2-3-7-24)13(8-19)17(21)23-18/h4-5,10H,2-3,6-7,11H2,1H3,(H2,21,23). The number of methoxy groups -OCH3 is 1. The molecular weight excluding hydrogens is 348 g/mol. The van der Waals surface area contributed by atoms with Crippen LogP contribution in [0.4, 0.5) is 11.5 Å². The SMILES string of the molecule is COc1ccc(CSc2nc(N)c(C#N)c(N3CCCC3)c2C#N)cn1. The Labute approximate surface area is 156 Å². The quantitative estimate of drug-likeness (QED) is 0.804. The Balaban J connectivity index is 1.93. The maximum atomic E-state index is 9.73. The highest BCUT2D eigenvalue weighted by Crippen LogP contribution is 2.37. The third-order valence-electron chi connectivity index (χ3n) is 4.19. The van der Waals surface area contributed by atoms with E-state index in [4.69, 9.17) is 10.5 Å². The van der Waals surface area contributed by atoms with Crippen molar-refractivity contribution in [3.8, 4) is 18.0 Å². The number of ether oxygens (including phenoxy) is 1. The Morgan fingerprint density at radius 1 is 1.23 bits per heavy atom. The van der Waals surface area contributed by atoms with E-state index in [0.717, 1.165) is 31.5 Å². The molecule has 0 amide bonds. The summed E-state index contributed by atoms with van der Waals surface area (Å²) in [5.74, 6) is 1.31. The smallest absolute Gasteiger partial charge is 0.212 e. The Morgan fingerprint density at radius 3 is 2.54 bits per heavy atom. The Bertz CT molecular complexity index is 879. The summed E-state index contributed by atoms with van der Waals surface area (Å²) < 4.78 is 5.06. The van der Waals surface area contributed by atoms with Crippen LogP contribution in [-0.2, 0) is 5.75 Å². The van der Waals surface area contributed by atoms with E-state index in [1.807, 2.05) is 6.07 Å². The van der Waals surface area contributed by atoms with Gasteiger partial charge in [-0.1, -0.05) is 6.07 Å². The summed E-state index contributed by atoms with van der Waals surface area (Å²) in [6.45, 7) is 1.64. The molecule has 0 aromatic carbocycles. The molecule has 0 saturated carbocycles. The summed E-state index contributed by atoms with van der Waals surface area (Å²) >= 11 is 1.41. The number of nitrogens with two attached hydrogens (primary N) is 1. The Hall–Kier alpha value is -2.97. The van der Waals surface area contributed by atoms with Crippen molar-refractivity contribution in [2.24, 2.45) is 0 Å². The normalized spacial score (nSPS) is 13.3. The maximum absolute atomic E-state index is 9.73. The van der Waals surface area contributed by atoms with E-state index >= 15 is 0 Å². The van der Waals surface area contributed by atoms with Crippen LogP contribution >= 0.6 is 11.8 Å². The summed E-state index contributed by atoms with van der Waals surface area (Å²) in [5, 5.41) is 19.8. The van der Waals surface area contributed by atoms with Crippen LogP contribution in [0.5, 0.6) is 5.88 Å². The second-order valence-corrected chi connectivity index (χ2v) is 6.78. The molecule has 3 heterocycles. The topological polar surface area (TPSA) is 112 Å². The predicted molar refractivity (Wildman–Crippen MR) is 99.9 cm³/mol. The number of anilines is 2. The molecule has 1 aliphatic heterocycles. The van der Waals surface area contributed by atoms with E-state index in [1.165, 1.54) is 11.8 Å². The highest BCUT2D eigenvalue weighted by molar-refractivity contribution is 7.98. The van der Waals surface area contributed by atoms with Gasteiger partial charge in [0.2, 0.25) is 5.88 Å². The molecule has 1 fully saturated rings. The molecule has 1 saturated heterocycles. The zero-order valence-corrected chi connectivity index (χ0v) is 15.2. The number of pyridine rings is 2. The van der Waals surface area contributed by atoms with E-state index in [-0.39, 0.29) is 5.82 Å². The molecule has 7 nitrogen and oxygen atoms in total. The number of nitriles is 2. The van der Waals surface area contributed by atoms with E-state index in [1.54, 1.807) is 19.4 Å². The fourth-order valence-corrected chi connectivity index (χ4v) is 3.83. The summed E-state index contributed by atoms with van der Waals surface area (Å²) in [4.78, 5) is 10.6. The molecule has 3 rings (SSSR count). The van der Waals surface area contributed by atoms with Gasteiger partial charge < -0.3 is 15.4 Å². The first-order chi connectivity index (χ1) is 12.7. The molecule has 2 aromatic heterocycles. The number of hydrogen-bond donors (Lipinski definition) is 1. The Morgan fingerprint density at radius 2 is 1.96 bits per heavy atom. The molecule has 132 valence electrons. The van der Waals surface area contributed by atoms with Gasteiger partial charge in [0, 0.05) is 31.1 Å². The van der Waals surface area contributed by atoms with Crippen molar-refractivity contribution in [2.45, 2.75) is 23.6 Å². The molecule has 26 heavy (non-hydrogen) atoms. The fourth-order valence-electron chi connectivity index (χ4n) is 2.91. The van der Waals surface area contributed by atoms with Crippen molar-refractivity contribution in [1.82, 2.24) is 9.97 Å². The van der Waals surface area contributed by atoms with E-state index in [0.29, 0.717) is 33.5 Å². The van der Waals surface area contributed by atoms with Crippen molar-refractivity contribution in [2.75, 3.05) is 30.8 Å². The molecule has 2 aromatic rings. The fraction of sp³-hybridized carbons (Fsp3) is 0.333. The van der Waals surface area contributed by atoms with Crippen LogP contribution in [0.2, 0.25) is 0 Å². The van der Waals surface area contributed by atoms with Gasteiger partial charge in [-0.3, -0.25) is 0 Å². The molecule has 0 aliphatic carbocycles. The van der Waals surface area contributed by atoms with Gasteiger partial charge in [-0.15, -0.1) is 11.8 Å². The summed E-state index contributed by atoms with van der Waals surface area (Å²) in [6, 6.07) is 8.05. The average Bonchev–Trinajstić information content (AvgIpc) is 3.20. The van der Waals surface area contributed by atoms with Crippen LogP contribution < -0.4 is 15.4 Å². The van der Waals surface area contributed by atoms with Crippen molar-refractivity contribution < 1.29 is 4.74 Å². The molecule has 0 unspecified atom stereocenters. The van der Waals surface area contributed by atoms with Crippen molar-refractivity contribution in [3.05, 3.63) is 35.0 Å². The molecule has 1 aliphatic rings. The monoisotopic (exact) mass is 366 g/mol. The molecule has 8 heteroatoms. The third kappa shape index (κ3) is 3.51. The van der Waals surface area contributed by atoms with Gasteiger partial charge in [-0.25, -0.2) is 9.97 Å². The number of thioether (sulfide) groups is 1. The second kappa shape index (κ2) is 7.94. The van der Waals surface area contributed by atoms with Crippen molar-refractivity contribution in [3.63, 3.8) is 0 Å². The number of aromatic nitrogens is 2. The maximum Gasteiger partial charge on any atom is 0.212 e. The zero-order valence-electron chi connectivity index (χ0n) is 14.4. The van der Waals surface area contributed by atoms with Gasteiger partial charge >= 0.3 is 0 Å². The minimum Gasteiger partial charge on any atom is -0.481 e. The molecular formula is C18H18N6OS. The molecule has 0 spiro atoms. The molecule has 2 N–H and O–H groups in total. The lowest BCUT2D eigenvalue weighted by atomic mass is 10.1. The summed E-state index contributed by atoms with van der Waals surface area (Å²) in [7, 11) is 1.57. The highest BCUT2D eigenvalue weighted by atomic mass is 32.2. The minimum atomic E-state index is 0.170. The van der Waals surface area contributed by atoms with Gasteiger partial charge in [0.05, 0.1) is 12.8 Å². The van der Waals surface area contributed by atoms with E-state index in [9.17, 15) is 10.5 Å². The van der Waals surface area contributed by atoms with Crippen LogP contribution in [-0.4, -0.2) is 30.2 Å². The summed E-state index contributed by atoms with van der Waals surface area (Å²) in [5.41, 5.74) is 8.33. The number of hydrogen-bond acceptors (Lipinski definition) is 8. The van der Waals surface area contributed by atoms with E-state index in [2.05, 4.69) is 27.0 Å². The van der Waals surface area contributed by atoms with Gasteiger partial charge in [0.15, 0.2) is 0 Å². The van der Waals surface area contributed by atoms with E-state index < -0.39 is 0 Å². The highest BCUT2D eigenvalue weighted by Gasteiger charge is 2.25. The number of nitrogen functional groups attached to an aromatic ring is 1. The van der Waals surface area contributed by atoms with Gasteiger partial charge in [-0.2, -0.15) is 10.5 Å². The lowest BCUT2D eigenvalue weighted by molar-refractivity contribution is 0.397. The molecule has 0 bridgehead atoms. The van der Waals surface area contributed by atoms with Gasteiger partial charge in [0.25, 0.3) is 0 Å². The molecule has 0 atom stereocenters. The van der Waals surface area contributed by atoms with Crippen LogP contribution in [0.1, 0.15) is 29.5 Å². The van der Waals surface area contributed by atoms with Crippen molar-refractivity contribution in [1.29, 1.82) is 10.5 Å². The Kier molecular flexibility index (Phi) is 5.45. The van der Waals surface area contributed by atoms with Crippen LogP contribution in [0.3, 0.4) is 0 Å². The number of nitrogens with zero attached hydrogens (tertiary/aromatic N) is 5. The largest absolute Gasteiger partial charge is 0.481 e. The average molecular weight is 366 g/mol. The first kappa shape index (κ1) is 17.8. The predicted octanol–water partition coefficient (Wildman–Crippen LogP) is 2.70. The van der Waals surface area contributed by atoms with Crippen LogP contribution in [0.25, 0.3) is 0 Å². The van der Waals surface area contributed by atoms with Crippen LogP contribution in [0, 0.1) is 22.7 Å². The first-order valence-corrected chi connectivity index (χ1v) is 9.16. The first-order valence-electron chi connectivity index (χ1n) is 8.18. The molecule has 0 radical (unpaired) electrons. The van der Waals surface area contributed by atoms with Gasteiger partial charge in [-0.05, 0) is 18.4 Å². The lowest BCUT2D eigenvalue weighted by Crippen LogP contribution is -2.21. The zero-order chi connectivity index (χ0) is 18.5. The third-order valence-corrected chi connectivity index (χ3v) is 5.24. The lowest BCUT2D eigenvalue weighted by Gasteiger charge is -2.22. The second-order valence-electron chi connectivity index (χ2n) is 5.82. The van der Waals surface area contributed by atoms with Crippen LogP contribution in [0.15, 0.2) is 23.4 Å².